The van der Waals surface area contributed by atoms with Crippen LogP contribution in [0.4, 0.5) is 13.2 Å². The Bertz CT molecular complexity index is 908. The van der Waals surface area contributed by atoms with Gasteiger partial charge >= 0.3 is 6.36 Å². The van der Waals surface area contributed by atoms with Crippen molar-refractivity contribution in [2.75, 3.05) is 0 Å². The smallest absolute Gasteiger partial charge is 0.406 e. The fourth-order valence-corrected chi connectivity index (χ4v) is 4.71. The standard InChI is InChI=1S/C18H17BrF3NO3S/c1-12(17(10-11-17)13-2-4-14(19)5-3-13)23-27(24,25)16-8-6-15(7-9-16)26-18(20,21)22/h2-9,12,23H,10-11H2,1H3. The van der Waals surface area contributed by atoms with Crippen molar-refractivity contribution in [1.29, 1.82) is 0 Å². The van der Waals surface area contributed by atoms with Crippen LogP contribution < -0.4 is 9.46 Å². The van der Waals surface area contributed by atoms with Gasteiger partial charge < -0.3 is 4.74 Å². The van der Waals surface area contributed by atoms with E-state index in [1.54, 1.807) is 6.92 Å². The quantitative estimate of drug-likeness (QED) is 0.672. The van der Waals surface area contributed by atoms with Gasteiger partial charge in [0.25, 0.3) is 0 Å². The van der Waals surface area contributed by atoms with Crippen molar-refractivity contribution in [2.24, 2.45) is 0 Å². The number of hydrogen-bond acceptors (Lipinski definition) is 3. The van der Waals surface area contributed by atoms with Crippen molar-refractivity contribution in [3.63, 3.8) is 0 Å². The van der Waals surface area contributed by atoms with Crippen molar-refractivity contribution in [2.45, 2.75) is 42.5 Å². The lowest BCUT2D eigenvalue weighted by Gasteiger charge is -2.25. The van der Waals surface area contributed by atoms with Gasteiger partial charge in [-0.2, -0.15) is 0 Å². The number of rotatable bonds is 6. The van der Waals surface area contributed by atoms with Crippen molar-refractivity contribution in [3.8, 4) is 5.75 Å². The Kier molecular flexibility index (Phi) is 5.31. The number of benzene rings is 2. The minimum Gasteiger partial charge on any atom is -0.406 e. The molecule has 27 heavy (non-hydrogen) atoms. The second kappa shape index (κ2) is 7.10. The van der Waals surface area contributed by atoms with Crippen LogP contribution in [0.1, 0.15) is 25.3 Å². The molecule has 0 spiro atoms. The van der Waals surface area contributed by atoms with Crippen LogP contribution in [-0.4, -0.2) is 20.8 Å². The zero-order valence-corrected chi connectivity index (χ0v) is 16.7. The Hall–Kier alpha value is -1.58. The van der Waals surface area contributed by atoms with Gasteiger partial charge in [0.05, 0.1) is 4.90 Å². The maximum Gasteiger partial charge on any atom is 0.573 e. The van der Waals surface area contributed by atoms with Crippen LogP contribution in [0.3, 0.4) is 0 Å². The molecule has 1 saturated carbocycles. The highest BCUT2D eigenvalue weighted by Gasteiger charge is 2.49. The van der Waals surface area contributed by atoms with Crippen LogP contribution in [0.15, 0.2) is 57.9 Å². The Morgan fingerprint density at radius 2 is 1.63 bits per heavy atom. The lowest BCUT2D eigenvalue weighted by molar-refractivity contribution is -0.274. The molecule has 2 aromatic rings. The highest BCUT2D eigenvalue weighted by molar-refractivity contribution is 9.10. The van der Waals surface area contributed by atoms with Gasteiger partial charge in [-0.1, -0.05) is 28.1 Å². The second-order valence-electron chi connectivity index (χ2n) is 6.53. The predicted molar refractivity (Wildman–Crippen MR) is 98.0 cm³/mol. The minimum absolute atomic E-state index is 0.115. The van der Waals surface area contributed by atoms with Crippen LogP contribution in [0.2, 0.25) is 0 Å². The SMILES string of the molecule is CC(NS(=O)(=O)c1ccc(OC(F)(F)F)cc1)C1(c2ccc(Br)cc2)CC1. The van der Waals surface area contributed by atoms with Crippen LogP contribution in [0.5, 0.6) is 5.75 Å². The van der Waals surface area contributed by atoms with E-state index in [9.17, 15) is 21.6 Å². The van der Waals surface area contributed by atoms with Gasteiger partial charge in [0.1, 0.15) is 5.75 Å². The molecule has 1 aliphatic carbocycles. The summed E-state index contributed by atoms with van der Waals surface area (Å²) in [6.45, 7) is 1.80. The summed E-state index contributed by atoms with van der Waals surface area (Å²) in [6.07, 6.45) is -3.11. The highest BCUT2D eigenvalue weighted by atomic mass is 79.9. The molecule has 1 unspecified atom stereocenters. The minimum atomic E-state index is -4.82. The van der Waals surface area contributed by atoms with E-state index in [0.717, 1.165) is 47.1 Å². The number of ether oxygens (including phenoxy) is 1. The Balaban J connectivity index is 1.75. The third kappa shape index (κ3) is 4.64. The summed E-state index contributed by atoms with van der Waals surface area (Å²) < 4.78 is 69.2. The van der Waals surface area contributed by atoms with Gasteiger partial charge in [0.15, 0.2) is 0 Å². The van der Waals surface area contributed by atoms with Gasteiger partial charge in [-0.15, -0.1) is 13.2 Å². The molecule has 0 amide bonds. The van der Waals surface area contributed by atoms with Gasteiger partial charge in [0.2, 0.25) is 10.0 Å². The monoisotopic (exact) mass is 463 g/mol. The van der Waals surface area contributed by atoms with E-state index in [1.165, 1.54) is 0 Å². The van der Waals surface area contributed by atoms with Gasteiger partial charge in [-0.3, -0.25) is 0 Å². The molecule has 9 heteroatoms. The molecule has 1 fully saturated rings. The molecule has 1 atom stereocenters. The Labute approximate surface area is 163 Å². The first-order valence-electron chi connectivity index (χ1n) is 8.16. The summed E-state index contributed by atoms with van der Waals surface area (Å²) in [7, 11) is -3.88. The number of hydrogen-bond donors (Lipinski definition) is 1. The Morgan fingerprint density at radius 1 is 1.07 bits per heavy atom. The molecular weight excluding hydrogens is 447 g/mol. The lowest BCUT2D eigenvalue weighted by atomic mass is 9.90. The van der Waals surface area contributed by atoms with E-state index in [1.807, 2.05) is 24.3 Å². The van der Waals surface area contributed by atoms with Crippen molar-refractivity contribution in [3.05, 3.63) is 58.6 Å². The van der Waals surface area contributed by atoms with E-state index < -0.39 is 22.1 Å². The number of halogens is 4. The molecule has 0 heterocycles. The average Bonchev–Trinajstić information content (AvgIpc) is 3.36. The summed E-state index contributed by atoms with van der Waals surface area (Å²) in [5.41, 5.74) is 0.780. The van der Waals surface area contributed by atoms with Crippen LogP contribution in [0.25, 0.3) is 0 Å². The zero-order chi connectivity index (χ0) is 19.9. The Morgan fingerprint density at radius 3 is 2.11 bits per heavy atom. The molecule has 0 aromatic heterocycles. The maximum absolute atomic E-state index is 12.6. The largest absolute Gasteiger partial charge is 0.573 e. The molecule has 4 nitrogen and oxygen atoms in total. The average molecular weight is 464 g/mol. The van der Waals surface area contributed by atoms with E-state index in [4.69, 9.17) is 0 Å². The molecule has 0 aliphatic heterocycles. The van der Waals surface area contributed by atoms with Crippen molar-refractivity contribution in [1.82, 2.24) is 4.72 Å². The molecule has 0 bridgehead atoms. The fraction of sp³-hybridized carbons (Fsp3) is 0.333. The van der Waals surface area contributed by atoms with Crippen LogP contribution >= 0.6 is 15.9 Å². The lowest BCUT2D eigenvalue weighted by Crippen LogP contribution is -2.41. The van der Waals surface area contributed by atoms with Gasteiger partial charge in [0, 0.05) is 15.9 Å². The van der Waals surface area contributed by atoms with Crippen LogP contribution in [0, 0.1) is 0 Å². The third-order valence-corrected chi connectivity index (χ3v) is 6.82. The maximum atomic E-state index is 12.6. The molecule has 1 aliphatic rings. The molecule has 3 rings (SSSR count). The topological polar surface area (TPSA) is 55.4 Å². The normalized spacial score (nSPS) is 17.4. The van der Waals surface area contributed by atoms with E-state index in [-0.39, 0.29) is 16.4 Å². The van der Waals surface area contributed by atoms with E-state index in [2.05, 4.69) is 25.4 Å². The number of nitrogens with one attached hydrogen (secondary N) is 1. The second-order valence-corrected chi connectivity index (χ2v) is 9.15. The highest BCUT2D eigenvalue weighted by Crippen LogP contribution is 2.51. The summed E-state index contributed by atoms with van der Waals surface area (Å²) >= 11 is 3.38. The first kappa shape index (κ1) is 20.2. The molecular formula is C18H17BrF3NO3S. The van der Waals surface area contributed by atoms with E-state index >= 15 is 0 Å². The molecule has 0 saturated heterocycles. The molecule has 2 aromatic carbocycles. The van der Waals surface area contributed by atoms with E-state index in [0.29, 0.717) is 0 Å². The zero-order valence-electron chi connectivity index (χ0n) is 14.3. The van der Waals surface area contributed by atoms with Crippen molar-refractivity contribution < 1.29 is 26.3 Å². The van der Waals surface area contributed by atoms with Crippen LogP contribution in [-0.2, 0) is 15.4 Å². The molecule has 146 valence electrons. The summed E-state index contributed by atoms with van der Waals surface area (Å²) in [5, 5.41) is 0. The predicted octanol–water partition coefficient (Wildman–Crippen LogP) is 4.75. The number of alkyl halides is 3. The molecule has 1 N–H and O–H groups in total. The number of sulfonamides is 1. The summed E-state index contributed by atoms with van der Waals surface area (Å²) in [5.74, 6) is -0.469. The fourth-order valence-electron chi connectivity index (χ4n) is 3.12. The first-order chi connectivity index (χ1) is 12.5. The van der Waals surface area contributed by atoms with Crippen molar-refractivity contribution >= 4 is 26.0 Å². The molecule has 0 radical (unpaired) electrons. The first-order valence-corrected chi connectivity index (χ1v) is 10.4. The van der Waals surface area contributed by atoms with Gasteiger partial charge in [-0.05, 0) is 61.7 Å². The summed E-state index contributed by atoms with van der Waals surface area (Å²) in [6, 6.07) is 11.5. The van der Waals surface area contributed by atoms with Gasteiger partial charge in [-0.25, -0.2) is 13.1 Å². The third-order valence-electron chi connectivity index (χ3n) is 4.74. The summed E-state index contributed by atoms with van der Waals surface area (Å²) in [4.78, 5) is -0.115.